The van der Waals surface area contributed by atoms with Crippen molar-refractivity contribution in [3.63, 3.8) is 0 Å². The molecule has 5 aromatic rings. The number of hydrogen-bond donors (Lipinski definition) is 0. The normalized spacial score (nSPS) is 17.0. The third-order valence-corrected chi connectivity index (χ3v) is 17.1. The summed E-state index contributed by atoms with van der Waals surface area (Å²) in [6, 6.07) is 19.2. The van der Waals surface area contributed by atoms with E-state index in [4.69, 9.17) is 4.74 Å². The van der Waals surface area contributed by atoms with Gasteiger partial charge in [0.2, 0.25) is 20.0 Å². The molecule has 0 atom stereocenters. The highest BCUT2D eigenvalue weighted by molar-refractivity contribution is 7.89. The van der Waals surface area contributed by atoms with Crippen molar-refractivity contribution in [2.75, 3.05) is 52.4 Å². The van der Waals surface area contributed by atoms with Crippen molar-refractivity contribution in [2.24, 2.45) is 0 Å². The number of carbonyl (C=O) groups excluding carboxylic acids is 4. The first-order chi connectivity index (χ1) is 30.5. The van der Waals surface area contributed by atoms with E-state index in [1.807, 2.05) is 0 Å². The highest BCUT2D eigenvalue weighted by Gasteiger charge is 2.37. The maximum absolute atomic E-state index is 14.7. The highest BCUT2D eigenvalue weighted by Crippen LogP contribution is 2.33. The minimum atomic E-state index is -3.79. The molecule has 0 radical (unpaired) electrons. The average molecular weight is 915 g/mol. The topological polar surface area (TPSA) is 159 Å². The van der Waals surface area contributed by atoms with Gasteiger partial charge in [-0.2, -0.15) is 8.61 Å². The second-order valence-electron chi connectivity index (χ2n) is 16.7. The van der Waals surface area contributed by atoms with Gasteiger partial charge in [-0.25, -0.2) is 25.6 Å². The summed E-state index contributed by atoms with van der Waals surface area (Å²) in [5.41, 5.74) is 1.78. The first-order valence-electron chi connectivity index (χ1n) is 21.3. The van der Waals surface area contributed by atoms with Crippen LogP contribution >= 0.6 is 0 Å². The Morgan fingerprint density at radius 2 is 1.03 bits per heavy atom. The van der Waals surface area contributed by atoms with Gasteiger partial charge in [-0.15, -0.1) is 0 Å². The van der Waals surface area contributed by atoms with Crippen LogP contribution < -0.4 is 0 Å². The molecule has 2 amide bonds. The van der Waals surface area contributed by atoms with Crippen LogP contribution in [0.2, 0.25) is 0 Å². The summed E-state index contributed by atoms with van der Waals surface area (Å²) < 4.78 is 90.4. The molecule has 2 saturated heterocycles. The highest BCUT2D eigenvalue weighted by atomic mass is 32.2. The Bertz CT molecular complexity index is 2910. The molecule has 0 unspecified atom stereocenters. The van der Waals surface area contributed by atoms with Gasteiger partial charge in [-0.3, -0.25) is 19.2 Å². The summed E-state index contributed by atoms with van der Waals surface area (Å²) in [5, 5.41) is 1.17. The fourth-order valence-corrected chi connectivity index (χ4v) is 12.7. The van der Waals surface area contributed by atoms with Crippen LogP contribution in [-0.4, -0.2) is 117 Å². The number of nitrogens with zero attached hydrogens (tertiary/aromatic N) is 4. The lowest BCUT2D eigenvalue weighted by Crippen LogP contribution is -2.52. The number of benzene rings is 5. The summed E-state index contributed by atoms with van der Waals surface area (Å²) in [6.45, 7) is 3.99. The van der Waals surface area contributed by atoms with Crippen LogP contribution in [0.4, 0.5) is 8.78 Å². The summed E-state index contributed by atoms with van der Waals surface area (Å²) in [6.07, 6.45) is 2.15. The van der Waals surface area contributed by atoms with E-state index in [1.54, 1.807) is 44.2 Å². The predicted molar refractivity (Wildman–Crippen MR) is 236 cm³/mol. The van der Waals surface area contributed by atoms with E-state index in [1.165, 1.54) is 66.9 Å². The molecule has 0 bridgehead atoms. The number of amides is 2. The van der Waals surface area contributed by atoms with E-state index in [9.17, 15) is 44.8 Å². The first kappa shape index (κ1) is 45.0. The Kier molecular flexibility index (Phi) is 12.7. The van der Waals surface area contributed by atoms with E-state index in [2.05, 4.69) is 0 Å². The lowest BCUT2D eigenvalue weighted by atomic mass is 9.92. The lowest BCUT2D eigenvalue weighted by Gasteiger charge is -2.35. The molecule has 13 nitrogen and oxygen atoms in total. The Hall–Kier alpha value is -5.62. The number of carbonyl (C=O) groups is 4. The Morgan fingerprint density at radius 3 is 1.48 bits per heavy atom. The molecule has 64 heavy (non-hydrogen) atoms. The molecule has 2 heterocycles. The lowest BCUT2D eigenvalue weighted by molar-refractivity contribution is -0.158. The van der Waals surface area contributed by atoms with Crippen LogP contribution in [0.1, 0.15) is 68.7 Å². The average Bonchev–Trinajstić information content (AvgIpc) is 3.84. The zero-order chi connectivity index (χ0) is 45.5. The quantitative estimate of drug-likeness (QED) is 0.123. The Labute approximate surface area is 370 Å². The Balaban J connectivity index is 0.979. The fraction of sp³-hybridized carbons (Fsp3) is 0.362. The second-order valence-corrected chi connectivity index (χ2v) is 20.8. The third kappa shape index (κ3) is 8.90. The van der Waals surface area contributed by atoms with E-state index in [0.717, 1.165) is 12.8 Å². The van der Waals surface area contributed by atoms with Crippen molar-refractivity contribution in [1.29, 1.82) is 0 Å². The van der Waals surface area contributed by atoms with Gasteiger partial charge in [0.15, 0.2) is 0 Å². The largest absolute Gasteiger partial charge is 0.393 e. The van der Waals surface area contributed by atoms with Crippen molar-refractivity contribution in [3.05, 3.63) is 124 Å². The van der Waals surface area contributed by atoms with Crippen LogP contribution in [0.15, 0.2) is 83.8 Å². The molecule has 3 aliphatic rings. The second kappa shape index (κ2) is 18.1. The van der Waals surface area contributed by atoms with Crippen LogP contribution in [0, 0.1) is 25.5 Å². The molecule has 2 aliphatic heterocycles. The standard InChI is InChI=1S/C47H48F2N4O9S2/c1-30-34(24-32-12-14-36(48)28-40(32)44(30)46(56)50-16-20-52(21-17-50)63(58,59)38-8-4-3-5-9-38)26-42(54)62-43(55)27-35-25-33-13-15-37(49)29-41(33)45(31(35)2)47(57)51-18-22-53(23-19-51)64(60,61)39-10-6-7-11-39/h3-5,8-9,12-15,24-25,28-29,39H,6-7,10-11,16-23,26-27H2,1-2H3. The molecule has 0 aromatic heterocycles. The monoisotopic (exact) mass is 914 g/mol. The Morgan fingerprint density at radius 1 is 0.594 bits per heavy atom. The van der Waals surface area contributed by atoms with Gasteiger partial charge in [0.25, 0.3) is 11.8 Å². The number of hydrogen-bond acceptors (Lipinski definition) is 9. The minimum Gasteiger partial charge on any atom is -0.393 e. The number of halogens is 2. The van der Waals surface area contributed by atoms with Crippen molar-refractivity contribution in [3.8, 4) is 0 Å². The number of fused-ring (bicyclic) bond motifs is 2. The zero-order valence-electron chi connectivity index (χ0n) is 35.5. The van der Waals surface area contributed by atoms with Gasteiger partial charge in [-0.1, -0.05) is 55.3 Å². The van der Waals surface area contributed by atoms with E-state index < -0.39 is 73.5 Å². The summed E-state index contributed by atoms with van der Waals surface area (Å²) >= 11 is 0. The van der Waals surface area contributed by atoms with Crippen LogP contribution in [-0.2, 0) is 47.2 Å². The third-order valence-electron chi connectivity index (χ3n) is 12.8. The van der Waals surface area contributed by atoms with Gasteiger partial charge in [0.05, 0.1) is 34.1 Å². The number of sulfonamides is 2. The van der Waals surface area contributed by atoms with Gasteiger partial charge in [0.1, 0.15) is 11.6 Å². The number of rotatable bonds is 10. The van der Waals surface area contributed by atoms with E-state index in [0.29, 0.717) is 56.6 Å². The van der Waals surface area contributed by atoms with Gasteiger partial charge in [-0.05, 0) is 107 Å². The number of ether oxygens (including phenoxy) is 1. The number of esters is 2. The summed E-state index contributed by atoms with van der Waals surface area (Å²) in [7, 11) is -7.28. The van der Waals surface area contributed by atoms with Crippen molar-refractivity contribution in [1.82, 2.24) is 18.4 Å². The van der Waals surface area contributed by atoms with E-state index >= 15 is 0 Å². The molecule has 0 spiro atoms. The smallest absolute Gasteiger partial charge is 0.317 e. The summed E-state index contributed by atoms with van der Waals surface area (Å²) in [4.78, 5) is 58.5. The molecule has 17 heteroatoms. The molecular weight excluding hydrogens is 867 g/mol. The van der Waals surface area contributed by atoms with Gasteiger partial charge in [0, 0.05) is 52.4 Å². The molecule has 0 N–H and O–H groups in total. The predicted octanol–water partition coefficient (Wildman–Crippen LogP) is 5.92. The number of piperazine rings is 2. The minimum absolute atomic E-state index is 0.0371. The molecule has 3 fully saturated rings. The summed E-state index contributed by atoms with van der Waals surface area (Å²) in [5.74, 6) is -3.89. The van der Waals surface area contributed by atoms with Crippen molar-refractivity contribution < 1.29 is 49.5 Å². The maximum Gasteiger partial charge on any atom is 0.317 e. The van der Waals surface area contributed by atoms with Gasteiger partial charge < -0.3 is 14.5 Å². The van der Waals surface area contributed by atoms with Crippen molar-refractivity contribution >= 4 is 65.3 Å². The molecule has 5 aromatic carbocycles. The molecule has 1 aliphatic carbocycles. The SMILES string of the molecule is Cc1c(CC(=O)OC(=O)Cc2cc3ccc(F)cc3c(C(=O)N3CCN(S(=O)(=O)C4CCCC4)CC3)c2C)cc2ccc(F)cc2c1C(=O)N1CCN(S(=O)(=O)c2ccccc2)CC1. The van der Waals surface area contributed by atoms with E-state index in [-0.39, 0.29) is 68.4 Å². The van der Waals surface area contributed by atoms with Crippen molar-refractivity contribution in [2.45, 2.75) is 62.5 Å². The zero-order valence-corrected chi connectivity index (χ0v) is 37.2. The molecule has 336 valence electrons. The molecular formula is C47H48F2N4O9S2. The first-order valence-corrected chi connectivity index (χ1v) is 24.3. The van der Waals surface area contributed by atoms with Crippen LogP contribution in [0.25, 0.3) is 21.5 Å². The fourth-order valence-electron chi connectivity index (χ4n) is 9.22. The maximum atomic E-state index is 14.7. The van der Waals surface area contributed by atoms with Crippen LogP contribution in [0.3, 0.4) is 0 Å². The molecule has 8 rings (SSSR count). The van der Waals surface area contributed by atoms with Gasteiger partial charge >= 0.3 is 11.9 Å². The molecule has 1 saturated carbocycles. The van der Waals surface area contributed by atoms with Crippen LogP contribution in [0.5, 0.6) is 0 Å².